The van der Waals surface area contributed by atoms with E-state index in [-0.39, 0.29) is 0 Å². The van der Waals surface area contributed by atoms with Crippen LogP contribution in [0, 0.1) is 0 Å². The van der Waals surface area contributed by atoms with E-state index in [4.69, 9.17) is 27.6 Å². The maximum atomic E-state index is 6.23. The van der Waals surface area contributed by atoms with Crippen LogP contribution in [-0.4, -0.2) is 46.3 Å². The average molecular weight is 354 g/mol. The third kappa shape index (κ3) is 3.44. The number of anilines is 1. The van der Waals surface area contributed by atoms with Crippen molar-refractivity contribution in [1.82, 2.24) is 20.1 Å². The van der Waals surface area contributed by atoms with Gasteiger partial charge in [0.1, 0.15) is 5.82 Å². The molecule has 0 atom stereocenters. The number of pyridine rings is 1. The van der Waals surface area contributed by atoms with Crippen molar-refractivity contribution in [2.45, 2.75) is 25.3 Å². The monoisotopic (exact) mass is 353 g/mol. The molecule has 23 heavy (non-hydrogen) atoms. The van der Waals surface area contributed by atoms with E-state index in [0.29, 0.717) is 28.4 Å². The summed E-state index contributed by atoms with van der Waals surface area (Å²) < 4.78 is 5.73. The van der Waals surface area contributed by atoms with E-state index in [2.05, 4.69) is 25.0 Å². The highest BCUT2D eigenvalue weighted by atomic mass is 35.5. The molecule has 2 aromatic heterocycles. The molecule has 1 aliphatic carbocycles. The maximum absolute atomic E-state index is 6.23. The van der Waals surface area contributed by atoms with Crippen LogP contribution in [0.25, 0.3) is 0 Å². The summed E-state index contributed by atoms with van der Waals surface area (Å²) in [5.74, 6) is 2.81. The molecule has 0 N–H and O–H groups in total. The van der Waals surface area contributed by atoms with E-state index < -0.39 is 0 Å². The van der Waals surface area contributed by atoms with E-state index in [1.165, 1.54) is 12.8 Å². The largest absolute Gasteiger partial charge is 0.424 e. The first-order valence-electron chi connectivity index (χ1n) is 7.79. The van der Waals surface area contributed by atoms with E-state index >= 15 is 0 Å². The number of hydrogen-bond donors (Lipinski definition) is 0. The Morgan fingerprint density at radius 3 is 2.61 bits per heavy atom. The zero-order chi connectivity index (χ0) is 15.8. The van der Waals surface area contributed by atoms with E-state index in [0.717, 1.165) is 37.9 Å². The topological polar surface area (TPSA) is 58.3 Å². The van der Waals surface area contributed by atoms with Gasteiger partial charge in [-0.25, -0.2) is 4.98 Å². The molecule has 1 saturated carbocycles. The van der Waals surface area contributed by atoms with Crippen molar-refractivity contribution in [2.24, 2.45) is 0 Å². The third-order valence-electron chi connectivity index (χ3n) is 4.23. The zero-order valence-electron chi connectivity index (χ0n) is 12.6. The molecule has 0 bridgehead atoms. The fourth-order valence-electron chi connectivity index (χ4n) is 2.77. The average Bonchev–Trinajstić information content (AvgIpc) is 3.29. The van der Waals surface area contributed by atoms with Gasteiger partial charge in [0.05, 0.1) is 16.6 Å². The summed E-state index contributed by atoms with van der Waals surface area (Å²) in [4.78, 5) is 8.83. The smallest absolute Gasteiger partial charge is 0.230 e. The molecular formula is C15H17Cl2N5O. The number of piperazine rings is 1. The Balaban J connectivity index is 1.34. The third-order valence-corrected chi connectivity index (χ3v) is 4.71. The Labute approximate surface area is 144 Å². The lowest BCUT2D eigenvalue weighted by Gasteiger charge is -2.35. The van der Waals surface area contributed by atoms with Crippen LogP contribution in [-0.2, 0) is 6.54 Å². The SMILES string of the molecule is Clc1cnc(N2CCN(Cc3nnc(C4CC4)o3)CC2)c(Cl)c1. The molecule has 6 nitrogen and oxygen atoms in total. The van der Waals surface area contributed by atoms with Gasteiger partial charge in [-0.1, -0.05) is 23.2 Å². The second-order valence-corrected chi connectivity index (χ2v) is 6.87. The van der Waals surface area contributed by atoms with Crippen LogP contribution in [0.3, 0.4) is 0 Å². The second-order valence-electron chi connectivity index (χ2n) is 6.03. The Hall–Kier alpha value is -1.37. The van der Waals surface area contributed by atoms with Crippen LogP contribution in [0.1, 0.15) is 30.5 Å². The summed E-state index contributed by atoms with van der Waals surface area (Å²) in [6.07, 6.45) is 3.98. The second kappa shape index (κ2) is 6.26. The minimum absolute atomic E-state index is 0.506. The summed E-state index contributed by atoms with van der Waals surface area (Å²) in [5.41, 5.74) is 0. The molecule has 0 spiro atoms. The molecule has 2 aliphatic rings. The Kier molecular flexibility index (Phi) is 4.13. The van der Waals surface area contributed by atoms with Crippen molar-refractivity contribution in [1.29, 1.82) is 0 Å². The zero-order valence-corrected chi connectivity index (χ0v) is 14.1. The molecule has 0 radical (unpaired) electrons. The Bertz CT molecular complexity index is 695. The summed E-state index contributed by atoms with van der Waals surface area (Å²) in [6.45, 7) is 4.23. The van der Waals surface area contributed by atoms with Gasteiger partial charge in [0.25, 0.3) is 0 Å². The van der Waals surface area contributed by atoms with Crippen molar-refractivity contribution < 1.29 is 4.42 Å². The molecule has 2 aromatic rings. The van der Waals surface area contributed by atoms with Gasteiger partial charge >= 0.3 is 0 Å². The highest BCUT2D eigenvalue weighted by Crippen LogP contribution is 2.39. The van der Waals surface area contributed by atoms with Crippen molar-refractivity contribution >= 4 is 29.0 Å². The van der Waals surface area contributed by atoms with Gasteiger partial charge in [-0.05, 0) is 18.9 Å². The molecule has 0 unspecified atom stereocenters. The quantitative estimate of drug-likeness (QED) is 0.841. The lowest BCUT2D eigenvalue weighted by molar-refractivity contribution is 0.224. The van der Waals surface area contributed by atoms with Crippen LogP contribution in [0.5, 0.6) is 0 Å². The molecule has 122 valence electrons. The van der Waals surface area contributed by atoms with E-state index in [1.807, 2.05) is 0 Å². The number of halogens is 2. The van der Waals surface area contributed by atoms with Gasteiger partial charge in [0, 0.05) is 38.3 Å². The molecule has 4 rings (SSSR count). The number of nitrogens with zero attached hydrogens (tertiary/aromatic N) is 5. The van der Waals surface area contributed by atoms with Gasteiger partial charge in [-0.15, -0.1) is 10.2 Å². The fraction of sp³-hybridized carbons (Fsp3) is 0.533. The predicted molar refractivity (Wildman–Crippen MR) is 88.0 cm³/mol. The summed E-state index contributed by atoms with van der Waals surface area (Å²) >= 11 is 12.1. The summed E-state index contributed by atoms with van der Waals surface area (Å²) in [5, 5.41) is 9.44. The maximum Gasteiger partial charge on any atom is 0.230 e. The van der Waals surface area contributed by atoms with Crippen LogP contribution in [0.15, 0.2) is 16.7 Å². The van der Waals surface area contributed by atoms with E-state index in [9.17, 15) is 0 Å². The van der Waals surface area contributed by atoms with Gasteiger partial charge in [-0.3, -0.25) is 4.90 Å². The standard InChI is InChI=1S/C15H17Cl2N5O/c16-11-7-12(17)14(18-8-11)22-5-3-21(4-6-22)9-13-19-20-15(23-13)10-1-2-10/h7-8,10H,1-6,9H2. The fourth-order valence-corrected chi connectivity index (χ4v) is 3.27. The molecule has 0 amide bonds. The molecule has 1 aliphatic heterocycles. The van der Waals surface area contributed by atoms with Gasteiger partial charge in [0.15, 0.2) is 0 Å². The Morgan fingerprint density at radius 1 is 1.13 bits per heavy atom. The predicted octanol–water partition coefficient (Wildman–Crippen LogP) is 2.97. The first-order valence-corrected chi connectivity index (χ1v) is 8.55. The van der Waals surface area contributed by atoms with Crippen molar-refractivity contribution in [3.8, 4) is 0 Å². The summed E-state index contributed by atoms with van der Waals surface area (Å²) in [6, 6.07) is 1.73. The van der Waals surface area contributed by atoms with E-state index in [1.54, 1.807) is 12.3 Å². The highest BCUT2D eigenvalue weighted by molar-refractivity contribution is 6.36. The molecule has 3 heterocycles. The first kappa shape index (κ1) is 15.2. The van der Waals surface area contributed by atoms with Crippen LogP contribution in [0.4, 0.5) is 5.82 Å². The minimum atomic E-state index is 0.506. The molecule has 0 aromatic carbocycles. The molecule has 2 fully saturated rings. The first-order chi connectivity index (χ1) is 11.2. The van der Waals surface area contributed by atoms with Crippen molar-refractivity contribution in [3.05, 3.63) is 34.1 Å². The number of aromatic nitrogens is 3. The van der Waals surface area contributed by atoms with Crippen molar-refractivity contribution in [2.75, 3.05) is 31.1 Å². The normalized spacial score (nSPS) is 19.3. The van der Waals surface area contributed by atoms with Gasteiger partial charge < -0.3 is 9.32 Å². The van der Waals surface area contributed by atoms with Gasteiger partial charge in [0.2, 0.25) is 11.8 Å². The van der Waals surface area contributed by atoms with Crippen LogP contribution < -0.4 is 4.90 Å². The number of rotatable bonds is 4. The van der Waals surface area contributed by atoms with Crippen LogP contribution in [0.2, 0.25) is 10.0 Å². The lowest BCUT2D eigenvalue weighted by Crippen LogP contribution is -2.46. The molecular weight excluding hydrogens is 337 g/mol. The highest BCUT2D eigenvalue weighted by Gasteiger charge is 2.30. The van der Waals surface area contributed by atoms with Crippen molar-refractivity contribution in [3.63, 3.8) is 0 Å². The van der Waals surface area contributed by atoms with Crippen LogP contribution >= 0.6 is 23.2 Å². The molecule has 8 heteroatoms. The lowest BCUT2D eigenvalue weighted by atomic mass is 10.3. The Morgan fingerprint density at radius 2 is 1.91 bits per heavy atom. The molecule has 1 saturated heterocycles. The van der Waals surface area contributed by atoms with Gasteiger partial charge in [-0.2, -0.15) is 0 Å². The minimum Gasteiger partial charge on any atom is -0.424 e. The summed E-state index contributed by atoms with van der Waals surface area (Å²) in [7, 11) is 0. The number of hydrogen-bond acceptors (Lipinski definition) is 6.